The van der Waals surface area contributed by atoms with Gasteiger partial charge in [0.25, 0.3) is 0 Å². The first-order valence-electron chi connectivity index (χ1n) is 5.76. The summed E-state index contributed by atoms with van der Waals surface area (Å²) in [6.07, 6.45) is 2.35. The summed E-state index contributed by atoms with van der Waals surface area (Å²) < 4.78 is 32.3. The predicted molar refractivity (Wildman–Crippen MR) is 66.7 cm³/mol. The van der Waals surface area contributed by atoms with Crippen LogP contribution in [0.2, 0.25) is 0 Å². The predicted octanol–water partition coefficient (Wildman–Crippen LogP) is 4.64. The molecule has 96 valence electrons. The minimum Gasteiger partial charge on any atom is -0.469 e. The van der Waals surface area contributed by atoms with Crippen LogP contribution in [-0.2, 0) is 12.8 Å². The third-order valence-electron chi connectivity index (χ3n) is 2.88. The van der Waals surface area contributed by atoms with Gasteiger partial charge in [0.05, 0.1) is 11.6 Å². The molecule has 1 aromatic heterocycles. The van der Waals surface area contributed by atoms with Crippen LogP contribution in [0.1, 0.15) is 29.2 Å². The van der Waals surface area contributed by atoms with Crippen LogP contribution in [0.15, 0.2) is 34.9 Å². The van der Waals surface area contributed by atoms with Gasteiger partial charge in [0, 0.05) is 17.5 Å². The van der Waals surface area contributed by atoms with E-state index in [1.54, 1.807) is 12.3 Å². The molecule has 2 rings (SSSR count). The molecule has 4 heteroatoms. The van der Waals surface area contributed by atoms with E-state index in [-0.39, 0.29) is 12.0 Å². The lowest BCUT2D eigenvalue weighted by atomic mass is 10.0. The smallest absolute Gasteiger partial charge is 0.129 e. The molecule has 0 bridgehead atoms. The minimum absolute atomic E-state index is 0.0146. The number of furan rings is 1. The van der Waals surface area contributed by atoms with Gasteiger partial charge in [-0.25, -0.2) is 8.78 Å². The van der Waals surface area contributed by atoms with Crippen molar-refractivity contribution in [3.8, 4) is 0 Å². The number of benzene rings is 1. The van der Waals surface area contributed by atoms with Gasteiger partial charge in [-0.1, -0.05) is 13.0 Å². The van der Waals surface area contributed by atoms with Crippen LogP contribution in [0, 0.1) is 11.6 Å². The number of aryl methyl sites for hydroxylation is 1. The molecule has 0 saturated heterocycles. The fraction of sp³-hybridized carbons (Fsp3) is 0.286. The van der Waals surface area contributed by atoms with Gasteiger partial charge in [0.2, 0.25) is 0 Å². The molecule has 1 atom stereocenters. The maximum absolute atomic E-state index is 13.5. The van der Waals surface area contributed by atoms with Gasteiger partial charge in [-0.3, -0.25) is 0 Å². The molecule has 0 spiro atoms. The van der Waals surface area contributed by atoms with E-state index in [0.29, 0.717) is 6.42 Å². The molecule has 1 nitrogen and oxygen atoms in total. The second-order valence-electron chi connectivity index (χ2n) is 4.02. The van der Waals surface area contributed by atoms with E-state index in [0.717, 1.165) is 11.3 Å². The van der Waals surface area contributed by atoms with Crippen LogP contribution in [-0.4, -0.2) is 0 Å². The summed E-state index contributed by atoms with van der Waals surface area (Å²) in [6.45, 7) is 1.94. The molecule has 0 N–H and O–H groups in total. The highest BCUT2D eigenvalue weighted by Crippen LogP contribution is 2.30. The largest absolute Gasteiger partial charge is 0.469 e. The molecular weight excluding hydrogens is 258 g/mol. The highest BCUT2D eigenvalue weighted by atomic mass is 35.5. The van der Waals surface area contributed by atoms with Crippen molar-refractivity contribution < 1.29 is 13.2 Å². The van der Waals surface area contributed by atoms with Crippen molar-refractivity contribution in [3.63, 3.8) is 0 Å². The Labute approximate surface area is 109 Å². The molecule has 0 saturated carbocycles. The summed E-state index contributed by atoms with van der Waals surface area (Å²) in [4.78, 5) is 0. The van der Waals surface area contributed by atoms with Crippen LogP contribution in [0.4, 0.5) is 8.78 Å². The van der Waals surface area contributed by atoms with Crippen molar-refractivity contribution in [1.82, 2.24) is 0 Å². The Kier molecular flexibility index (Phi) is 4.02. The molecule has 0 radical (unpaired) electrons. The Morgan fingerprint density at radius 2 is 1.89 bits per heavy atom. The van der Waals surface area contributed by atoms with Crippen molar-refractivity contribution >= 4 is 11.6 Å². The van der Waals surface area contributed by atoms with Crippen LogP contribution in [0.3, 0.4) is 0 Å². The van der Waals surface area contributed by atoms with E-state index in [1.165, 1.54) is 18.2 Å². The highest BCUT2D eigenvalue weighted by Gasteiger charge is 2.19. The summed E-state index contributed by atoms with van der Waals surface area (Å²) >= 11 is 6.22. The zero-order valence-corrected chi connectivity index (χ0v) is 10.7. The Balaban J connectivity index is 2.24. The Hall–Kier alpha value is -1.35. The average molecular weight is 271 g/mol. The third-order valence-corrected chi connectivity index (χ3v) is 3.27. The van der Waals surface area contributed by atoms with Crippen molar-refractivity contribution in [3.05, 3.63) is 59.1 Å². The fourth-order valence-corrected chi connectivity index (χ4v) is 2.28. The van der Waals surface area contributed by atoms with E-state index in [9.17, 15) is 8.78 Å². The van der Waals surface area contributed by atoms with E-state index in [4.69, 9.17) is 16.0 Å². The Morgan fingerprint density at radius 1 is 1.22 bits per heavy atom. The van der Waals surface area contributed by atoms with Gasteiger partial charge in [-0.15, -0.1) is 11.6 Å². The van der Waals surface area contributed by atoms with Crippen molar-refractivity contribution in [1.29, 1.82) is 0 Å². The summed E-state index contributed by atoms with van der Waals surface area (Å²) in [7, 11) is 0. The lowest BCUT2D eigenvalue weighted by Gasteiger charge is -2.11. The summed E-state index contributed by atoms with van der Waals surface area (Å²) in [5.41, 5.74) is 0.808. The molecule has 1 heterocycles. The molecule has 1 aromatic carbocycles. The Morgan fingerprint density at radius 3 is 2.50 bits per heavy atom. The van der Waals surface area contributed by atoms with Gasteiger partial charge < -0.3 is 4.42 Å². The quantitative estimate of drug-likeness (QED) is 0.738. The van der Waals surface area contributed by atoms with Gasteiger partial charge in [0.15, 0.2) is 0 Å². The highest BCUT2D eigenvalue weighted by molar-refractivity contribution is 6.21. The maximum atomic E-state index is 13.5. The lowest BCUT2D eigenvalue weighted by Crippen LogP contribution is -2.02. The average Bonchev–Trinajstić information content (AvgIpc) is 2.82. The van der Waals surface area contributed by atoms with Gasteiger partial charge >= 0.3 is 0 Å². The van der Waals surface area contributed by atoms with E-state index >= 15 is 0 Å². The maximum Gasteiger partial charge on any atom is 0.129 e. The van der Waals surface area contributed by atoms with Crippen molar-refractivity contribution in [2.45, 2.75) is 25.1 Å². The second kappa shape index (κ2) is 5.53. The van der Waals surface area contributed by atoms with Crippen molar-refractivity contribution in [2.75, 3.05) is 0 Å². The van der Waals surface area contributed by atoms with Crippen LogP contribution < -0.4 is 0 Å². The summed E-state index contributed by atoms with van der Waals surface area (Å²) in [6, 6.07) is 5.55. The van der Waals surface area contributed by atoms with Crippen LogP contribution in [0.25, 0.3) is 0 Å². The zero-order chi connectivity index (χ0) is 13.1. The van der Waals surface area contributed by atoms with E-state index in [1.807, 2.05) is 6.92 Å². The van der Waals surface area contributed by atoms with Gasteiger partial charge in [0.1, 0.15) is 17.4 Å². The van der Waals surface area contributed by atoms with Gasteiger partial charge in [-0.05, 0) is 24.6 Å². The van der Waals surface area contributed by atoms with Crippen LogP contribution >= 0.6 is 11.6 Å². The fourth-order valence-electron chi connectivity index (χ4n) is 1.93. The Bertz CT molecular complexity index is 516. The lowest BCUT2D eigenvalue weighted by molar-refractivity contribution is 0.508. The molecule has 0 amide bonds. The zero-order valence-electron chi connectivity index (χ0n) is 9.92. The first kappa shape index (κ1) is 13.1. The van der Waals surface area contributed by atoms with Crippen LogP contribution in [0.5, 0.6) is 0 Å². The SMILES string of the molecule is CCc1occc1C(Cl)Cc1c(F)cccc1F. The molecule has 0 aliphatic carbocycles. The molecule has 18 heavy (non-hydrogen) atoms. The number of halogens is 3. The summed E-state index contributed by atoms with van der Waals surface area (Å²) in [5.74, 6) is -0.379. The number of rotatable bonds is 4. The van der Waals surface area contributed by atoms with Crippen molar-refractivity contribution in [2.24, 2.45) is 0 Å². The molecule has 0 aliphatic heterocycles. The van der Waals surface area contributed by atoms with E-state index < -0.39 is 17.0 Å². The first-order chi connectivity index (χ1) is 8.63. The third kappa shape index (κ3) is 2.56. The molecule has 0 fully saturated rings. The molecule has 2 aromatic rings. The molecule has 0 aliphatic rings. The minimum atomic E-state index is -0.567. The summed E-state index contributed by atoms with van der Waals surface area (Å²) in [5, 5.41) is -0.495. The number of hydrogen-bond donors (Lipinski definition) is 0. The van der Waals surface area contributed by atoms with Gasteiger partial charge in [-0.2, -0.15) is 0 Å². The number of hydrogen-bond acceptors (Lipinski definition) is 1. The first-order valence-corrected chi connectivity index (χ1v) is 6.20. The monoisotopic (exact) mass is 270 g/mol. The number of alkyl halides is 1. The molecular formula is C14H13ClF2O. The standard InChI is InChI=1S/C14H13ClF2O/c1-2-14-9(6-7-18-14)11(15)8-10-12(16)4-3-5-13(10)17/h3-7,11H,2,8H2,1H3. The topological polar surface area (TPSA) is 13.1 Å². The molecule has 1 unspecified atom stereocenters. The van der Waals surface area contributed by atoms with E-state index in [2.05, 4.69) is 0 Å². The second-order valence-corrected chi connectivity index (χ2v) is 4.55. The normalized spacial score (nSPS) is 12.7.